The van der Waals surface area contributed by atoms with Crippen molar-refractivity contribution in [2.24, 2.45) is 5.92 Å². The third-order valence-electron chi connectivity index (χ3n) is 4.06. The first-order chi connectivity index (χ1) is 9.70. The van der Waals surface area contributed by atoms with Gasteiger partial charge in [-0.25, -0.2) is 0 Å². The Kier molecular flexibility index (Phi) is 3.38. The summed E-state index contributed by atoms with van der Waals surface area (Å²) < 4.78 is 5.48. The van der Waals surface area contributed by atoms with E-state index in [1.54, 1.807) is 0 Å². The summed E-state index contributed by atoms with van der Waals surface area (Å²) in [6, 6.07) is 8.07. The van der Waals surface area contributed by atoms with Gasteiger partial charge in [0.15, 0.2) is 5.82 Å². The number of anilines is 1. The molecule has 1 aromatic heterocycles. The molecule has 0 saturated heterocycles. The number of hydrogen-bond acceptors (Lipinski definition) is 3. The molecule has 0 aliphatic heterocycles. The minimum Gasteiger partial charge on any atom is -0.494 e. The molecule has 0 amide bonds. The lowest BCUT2D eigenvalue weighted by atomic mass is 9.94. The minimum absolute atomic E-state index is 0.487. The van der Waals surface area contributed by atoms with Gasteiger partial charge in [-0.05, 0) is 43.4 Å². The topological polar surface area (TPSA) is 63.9 Å². The highest BCUT2D eigenvalue weighted by Crippen LogP contribution is 2.45. The number of aromatic amines is 1. The smallest absolute Gasteiger partial charge is 0.153 e. The van der Waals surface area contributed by atoms with Crippen LogP contribution in [0.25, 0.3) is 11.1 Å². The molecule has 0 spiro atoms. The van der Waals surface area contributed by atoms with Crippen molar-refractivity contribution in [3.8, 4) is 16.9 Å². The fourth-order valence-electron chi connectivity index (χ4n) is 2.72. The monoisotopic (exact) mass is 271 g/mol. The van der Waals surface area contributed by atoms with Crippen molar-refractivity contribution in [1.29, 1.82) is 0 Å². The second-order valence-corrected chi connectivity index (χ2v) is 5.48. The molecule has 20 heavy (non-hydrogen) atoms. The number of benzene rings is 1. The highest BCUT2D eigenvalue weighted by molar-refractivity contribution is 5.77. The summed E-state index contributed by atoms with van der Waals surface area (Å²) in [5, 5.41) is 7.33. The molecule has 3 N–H and O–H groups in total. The zero-order chi connectivity index (χ0) is 14.1. The Morgan fingerprint density at radius 3 is 2.65 bits per heavy atom. The van der Waals surface area contributed by atoms with E-state index >= 15 is 0 Å². The van der Waals surface area contributed by atoms with Crippen LogP contribution < -0.4 is 10.5 Å². The number of H-pyrrole nitrogens is 1. The first kappa shape index (κ1) is 13.0. The van der Waals surface area contributed by atoms with Crippen LogP contribution >= 0.6 is 0 Å². The number of nitrogens with one attached hydrogen (secondary N) is 1. The van der Waals surface area contributed by atoms with Crippen molar-refractivity contribution in [2.45, 2.75) is 32.6 Å². The lowest BCUT2D eigenvalue weighted by molar-refractivity contribution is 0.340. The first-order valence-electron chi connectivity index (χ1n) is 7.27. The molecule has 4 nitrogen and oxygen atoms in total. The lowest BCUT2D eigenvalue weighted by Gasteiger charge is -2.11. The molecule has 1 aliphatic carbocycles. The van der Waals surface area contributed by atoms with Gasteiger partial charge in [0.05, 0.1) is 6.61 Å². The molecule has 2 aromatic rings. The predicted octanol–water partition coefficient (Wildman–Crippen LogP) is 3.57. The summed E-state index contributed by atoms with van der Waals surface area (Å²) in [6.07, 6.45) is 2.62. The molecule has 0 radical (unpaired) electrons. The largest absolute Gasteiger partial charge is 0.494 e. The molecular weight excluding hydrogens is 250 g/mol. The van der Waals surface area contributed by atoms with Crippen molar-refractivity contribution in [1.82, 2.24) is 10.2 Å². The number of aromatic nitrogens is 2. The van der Waals surface area contributed by atoms with Gasteiger partial charge < -0.3 is 10.5 Å². The first-order valence-corrected chi connectivity index (χ1v) is 7.27. The van der Waals surface area contributed by atoms with Gasteiger partial charge in [0, 0.05) is 17.2 Å². The van der Waals surface area contributed by atoms with E-state index in [1.807, 2.05) is 19.1 Å². The van der Waals surface area contributed by atoms with Crippen molar-refractivity contribution in [3.63, 3.8) is 0 Å². The molecule has 1 aliphatic rings. The van der Waals surface area contributed by atoms with E-state index in [9.17, 15) is 0 Å². The van der Waals surface area contributed by atoms with E-state index in [0.29, 0.717) is 18.3 Å². The van der Waals surface area contributed by atoms with Crippen molar-refractivity contribution in [2.75, 3.05) is 12.3 Å². The van der Waals surface area contributed by atoms with Crippen LogP contribution in [-0.2, 0) is 0 Å². The van der Waals surface area contributed by atoms with E-state index in [1.165, 1.54) is 12.8 Å². The molecule has 1 heterocycles. The van der Waals surface area contributed by atoms with Gasteiger partial charge in [-0.15, -0.1) is 0 Å². The molecule has 106 valence electrons. The van der Waals surface area contributed by atoms with E-state index < -0.39 is 0 Å². The number of hydrogen-bond donors (Lipinski definition) is 2. The van der Waals surface area contributed by atoms with Crippen LogP contribution in [0.1, 0.15) is 38.3 Å². The second-order valence-electron chi connectivity index (χ2n) is 5.48. The van der Waals surface area contributed by atoms with Gasteiger partial charge in [-0.3, -0.25) is 5.10 Å². The fraction of sp³-hybridized carbons (Fsp3) is 0.438. The predicted molar refractivity (Wildman–Crippen MR) is 80.7 cm³/mol. The zero-order valence-electron chi connectivity index (χ0n) is 12.0. The molecule has 1 saturated carbocycles. The molecule has 1 unspecified atom stereocenters. The SMILES string of the molecule is CCOc1ccc(-c2c(N)n[nH]c2C(C)C2CC2)cc1. The third-order valence-corrected chi connectivity index (χ3v) is 4.06. The average molecular weight is 271 g/mol. The molecule has 1 fully saturated rings. The van der Waals surface area contributed by atoms with Crippen LogP contribution in [-0.4, -0.2) is 16.8 Å². The highest BCUT2D eigenvalue weighted by atomic mass is 16.5. The van der Waals surface area contributed by atoms with Crippen LogP contribution in [0.3, 0.4) is 0 Å². The highest BCUT2D eigenvalue weighted by Gasteiger charge is 2.32. The number of nitrogens with two attached hydrogens (primary N) is 1. The second kappa shape index (κ2) is 5.19. The number of nitrogens with zero attached hydrogens (tertiary/aromatic N) is 1. The third kappa shape index (κ3) is 2.38. The van der Waals surface area contributed by atoms with Gasteiger partial charge in [0.25, 0.3) is 0 Å². The summed E-state index contributed by atoms with van der Waals surface area (Å²) in [7, 11) is 0. The Morgan fingerprint density at radius 2 is 2.05 bits per heavy atom. The molecule has 1 atom stereocenters. The fourth-order valence-corrected chi connectivity index (χ4v) is 2.72. The van der Waals surface area contributed by atoms with Crippen molar-refractivity contribution >= 4 is 5.82 Å². The molecule has 0 bridgehead atoms. The van der Waals surface area contributed by atoms with Gasteiger partial charge >= 0.3 is 0 Å². The number of nitrogen functional groups attached to an aromatic ring is 1. The molecule has 1 aromatic carbocycles. The molecule has 4 heteroatoms. The number of ether oxygens (including phenoxy) is 1. The Morgan fingerprint density at radius 1 is 1.35 bits per heavy atom. The van der Waals surface area contributed by atoms with Crippen LogP contribution in [0.4, 0.5) is 5.82 Å². The Labute approximate surface area is 119 Å². The van der Waals surface area contributed by atoms with Gasteiger partial charge in [0.2, 0.25) is 0 Å². The molecule has 3 rings (SSSR count). The summed E-state index contributed by atoms with van der Waals surface area (Å²) >= 11 is 0. The van der Waals surface area contributed by atoms with E-state index in [2.05, 4.69) is 29.3 Å². The maximum absolute atomic E-state index is 6.05. The summed E-state index contributed by atoms with van der Waals surface area (Å²) in [5.74, 6) is 2.73. The van der Waals surface area contributed by atoms with Crippen LogP contribution in [0.15, 0.2) is 24.3 Å². The summed E-state index contributed by atoms with van der Waals surface area (Å²) in [4.78, 5) is 0. The zero-order valence-corrected chi connectivity index (χ0v) is 12.0. The van der Waals surface area contributed by atoms with Crippen LogP contribution in [0.5, 0.6) is 5.75 Å². The normalized spacial score (nSPS) is 16.1. The van der Waals surface area contributed by atoms with Gasteiger partial charge in [-0.1, -0.05) is 19.1 Å². The Hall–Kier alpha value is -1.97. The summed E-state index contributed by atoms with van der Waals surface area (Å²) in [5.41, 5.74) is 9.36. The van der Waals surface area contributed by atoms with Crippen LogP contribution in [0, 0.1) is 5.92 Å². The van der Waals surface area contributed by atoms with E-state index in [-0.39, 0.29) is 0 Å². The Balaban J connectivity index is 1.94. The standard InChI is InChI=1S/C16H21N3O/c1-3-20-13-8-6-12(7-9-13)14-15(18-19-16(14)17)10(2)11-4-5-11/h6-11H,3-5H2,1-2H3,(H3,17,18,19). The lowest BCUT2D eigenvalue weighted by Crippen LogP contribution is -1.99. The minimum atomic E-state index is 0.487. The Bertz CT molecular complexity index is 584. The number of rotatable bonds is 5. The summed E-state index contributed by atoms with van der Waals surface area (Å²) in [6.45, 7) is 4.91. The van der Waals surface area contributed by atoms with Crippen molar-refractivity contribution < 1.29 is 4.74 Å². The van der Waals surface area contributed by atoms with Gasteiger partial charge in [0.1, 0.15) is 5.75 Å². The van der Waals surface area contributed by atoms with Gasteiger partial charge in [-0.2, -0.15) is 5.10 Å². The van der Waals surface area contributed by atoms with E-state index in [4.69, 9.17) is 10.5 Å². The molecular formula is C16H21N3O. The van der Waals surface area contributed by atoms with Crippen LogP contribution in [0.2, 0.25) is 0 Å². The maximum Gasteiger partial charge on any atom is 0.153 e. The van der Waals surface area contributed by atoms with Crippen molar-refractivity contribution in [3.05, 3.63) is 30.0 Å². The average Bonchev–Trinajstić information content (AvgIpc) is 3.23. The van der Waals surface area contributed by atoms with E-state index in [0.717, 1.165) is 28.5 Å². The maximum atomic E-state index is 6.05. The quantitative estimate of drug-likeness (QED) is 0.873.